The van der Waals surface area contributed by atoms with Crippen LogP contribution in [0.1, 0.15) is 131 Å². The Morgan fingerprint density at radius 1 is 0.698 bits per heavy atom. The number of hydrogen-bond acceptors (Lipinski definition) is 13. The van der Waals surface area contributed by atoms with Crippen molar-refractivity contribution in [2.24, 2.45) is 11.8 Å². The molecule has 0 spiro atoms. The lowest BCUT2D eigenvalue weighted by Gasteiger charge is -2.55. The zero-order valence-corrected chi connectivity index (χ0v) is 38.0. The van der Waals surface area contributed by atoms with E-state index in [2.05, 4.69) is 65.5 Å². The molecule has 10 heterocycles. The van der Waals surface area contributed by atoms with Gasteiger partial charge in [-0.15, -0.1) is 0 Å². The highest BCUT2D eigenvalue weighted by molar-refractivity contribution is 5.72. The number of aliphatic hydroxyl groups excluding tert-OH is 1. The molecule has 63 heavy (non-hydrogen) atoms. The molecule has 0 bridgehead atoms. The molecule has 0 aromatic heterocycles. The molecular formula is C50H72O13. The van der Waals surface area contributed by atoms with E-state index in [-0.39, 0.29) is 110 Å². The summed E-state index contributed by atoms with van der Waals surface area (Å²) >= 11 is 0. The molecule has 0 saturated carbocycles. The van der Waals surface area contributed by atoms with Crippen LogP contribution in [0.5, 0.6) is 0 Å². The summed E-state index contributed by atoms with van der Waals surface area (Å²) in [5, 5.41) is 11.2. The maximum atomic E-state index is 12.4. The van der Waals surface area contributed by atoms with Gasteiger partial charge in [0.2, 0.25) is 0 Å². The van der Waals surface area contributed by atoms with Crippen LogP contribution in [0.2, 0.25) is 0 Å². The average Bonchev–Trinajstić information content (AvgIpc) is 3.53. The van der Waals surface area contributed by atoms with E-state index in [4.69, 9.17) is 47.4 Å². The van der Waals surface area contributed by atoms with Crippen molar-refractivity contribution in [1.82, 2.24) is 0 Å². The number of carbonyl (C=O) groups is 2. The minimum atomic E-state index is -0.699. The summed E-state index contributed by atoms with van der Waals surface area (Å²) in [6.07, 6.45) is 15.5. The third-order valence-corrected chi connectivity index (χ3v) is 16.6. The first-order valence-corrected chi connectivity index (χ1v) is 24.5. The number of esters is 1. The van der Waals surface area contributed by atoms with Crippen molar-refractivity contribution >= 4 is 12.3 Å². The van der Waals surface area contributed by atoms with Crippen molar-refractivity contribution < 1.29 is 62.1 Å². The van der Waals surface area contributed by atoms with Crippen molar-refractivity contribution in [3.05, 3.63) is 36.5 Å². The SMILES string of the molecule is C=C(C=O)CC1CC(O)C2OC3CC4(C)OC5C=CCC6OC7C(C)CC8(C)OC9(C)CC(C)CC%10OC(=O)CC%10OC9CC8OC7CC=CCC6OC5CCCC4OC3CC2O1. The van der Waals surface area contributed by atoms with Gasteiger partial charge in [0, 0.05) is 32.1 Å². The Hall–Kier alpha value is -2.04. The number of carbonyl (C=O) groups excluding carboxylic acids is 2. The molecular weight excluding hydrogens is 809 g/mol. The van der Waals surface area contributed by atoms with E-state index in [0.717, 1.165) is 57.7 Å². The number of aliphatic hydroxyl groups is 1. The minimum absolute atomic E-state index is 0.127. The third-order valence-electron chi connectivity index (χ3n) is 16.6. The lowest BCUT2D eigenvalue weighted by molar-refractivity contribution is -0.316. The normalized spacial score (nSPS) is 53.3. The number of rotatable bonds is 3. The van der Waals surface area contributed by atoms with E-state index in [9.17, 15) is 14.7 Å². The highest BCUT2D eigenvalue weighted by atomic mass is 16.6. The molecule has 0 aromatic carbocycles. The molecule has 13 heteroatoms. The molecule has 0 aromatic rings. The molecule has 22 unspecified atom stereocenters. The van der Waals surface area contributed by atoms with E-state index < -0.39 is 29.0 Å². The van der Waals surface area contributed by atoms with Crippen molar-refractivity contribution in [2.75, 3.05) is 0 Å². The first-order valence-electron chi connectivity index (χ1n) is 24.5. The fraction of sp³-hybridized carbons (Fsp3) is 0.840. The molecule has 8 saturated heterocycles. The van der Waals surface area contributed by atoms with Crippen molar-refractivity contribution in [3.8, 4) is 0 Å². The number of aldehydes is 1. The Bertz CT molecular complexity index is 1770. The quantitative estimate of drug-likeness (QED) is 0.146. The predicted molar refractivity (Wildman–Crippen MR) is 229 cm³/mol. The standard InChI is InChI=1S/C50H72O13/c1-27-18-37-39(21-45(53)59-37)58-43-22-44-50(6,63-49(43,5)23-27)24-29(3)46-36(56-44)12-8-7-11-32-33(60-46)13-9-15-35-34(55-32)14-10-16-42-48(4,62-35)25-41-38(57-42)20-40-47(61-41)31(52)19-30(54-40)17-28(2)26-51/h7-9,15,26-27,29-44,46-47,52H,2,10-14,16-25H2,1,3-6H3. The third kappa shape index (κ3) is 8.84. The molecule has 10 aliphatic heterocycles. The average molecular weight is 881 g/mol. The largest absolute Gasteiger partial charge is 0.459 e. The van der Waals surface area contributed by atoms with Gasteiger partial charge in [-0.25, -0.2) is 0 Å². The molecule has 8 fully saturated rings. The molecule has 1 N–H and O–H groups in total. The van der Waals surface area contributed by atoms with Gasteiger partial charge in [0.15, 0.2) is 0 Å². The van der Waals surface area contributed by atoms with Crippen molar-refractivity contribution in [1.29, 1.82) is 0 Å². The topological polar surface area (TPSA) is 147 Å². The number of ether oxygens (including phenoxy) is 10. The summed E-state index contributed by atoms with van der Waals surface area (Å²) in [5.74, 6) is 0.286. The molecule has 350 valence electrons. The van der Waals surface area contributed by atoms with Crippen LogP contribution in [0, 0.1) is 11.8 Å². The summed E-state index contributed by atoms with van der Waals surface area (Å²) < 4.78 is 68.6. The fourth-order valence-corrected chi connectivity index (χ4v) is 13.7. The summed E-state index contributed by atoms with van der Waals surface area (Å²) in [4.78, 5) is 23.6. The second-order valence-electron chi connectivity index (χ2n) is 21.9. The summed E-state index contributed by atoms with van der Waals surface area (Å²) in [6.45, 7) is 14.9. The van der Waals surface area contributed by atoms with Crippen LogP contribution >= 0.6 is 0 Å². The van der Waals surface area contributed by atoms with E-state index in [1.54, 1.807) is 0 Å². The molecule has 10 aliphatic rings. The van der Waals surface area contributed by atoms with Gasteiger partial charge in [-0.2, -0.15) is 0 Å². The van der Waals surface area contributed by atoms with Gasteiger partial charge >= 0.3 is 5.97 Å². The van der Waals surface area contributed by atoms with Crippen LogP contribution in [0.25, 0.3) is 0 Å². The van der Waals surface area contributed by atoms with Crippen LogP contribution in [0.4, 0.5) is 0 Å². The van der Waals surface area contributed by atoms with Crippen LogP contribution in [-0.2, 0) is 57.0 Å². The molecule has 0 amide bonds. The minimum Gasteiger partial charge on any atom is -0.459 e. The lowest BCUT2D eigenvalue weighted by atomic mass is 9.74. The van der Waals surface area contributed by atoms with E-state index in [0.29, 0.717) is 50.0 Å². The maximum Gasteiger partial charge on any atom is 0.308 e. The van der Waals surface area contributed by atoms with Gasteiger partial charge in [-0.1, -0.05) is 44.7 Å². The summed E-state index contributed by atoms with van der Waals surface area (Å²) in [7, 11) is 0. The molecule has 10 rings (SSSR count). The Labute approximate surface area is 373 Å². The van der Waals surface area contributed by atoms with Crippen LogP contribution < -0.4 is 0 Å². The molecule has 22 atom stereocenters. The van der Waals surface area contributed by atoms with E-state index >= 15 is 0 Å². The Kier molecular flexibility index (Phi) is 12.5. The zero-order valence-electron chi connectivity index (χ0n) is 38.0. The monoisotopic (exact) mass is 880 g/mol. The molecule has 0 aliphatic carbocycles. The van der Waals surface area contributed by atoms with Gasteiger partial charge < -0.3 is 52.5 Å². The Balaban J connectivity index is 0.828. The first-order chi connectivity index (χ1) is 30.2. The molecule has 0 radical (unpaired) electrons. The van der Waals surface area contributed by atoms with Crippen molar-refractivity contribution in [2.45, 2.75) is 252 Å². The van der Waals surface area contributed by atoms with Crippen LogP contribution in [0.15, 0.2) is 36.5 Å². The van der Waals surface area contributed by atoms with Crippen molar-refractivity contribution in [3.63, 3.8) is 0 Å². The van der Waals surface area contributed by atoms with Gasteiger partial charge in [0.1, 0.15) is 30.7 Å². The fourth-order valence-electron chi connectivity index (χ4n) is 13.7. The Morgan fingerprint density at radius 3 is 2.22 bits per heavy atom. The Morgan fingerprint density at radius 2 is 1.41 bits per heavy atom. The lowest BCUT2D eigenvalue weighted by Crippen LogP contribution is -2.65. The van der Waals surface area contributed by atoms with Gasteiger partial charge in [0.25, 0.3) is 0 Å². The van der Waals surface area contributed by atoms with Crippen LogP contribution in [-0.4, -0.2) is 138 Å². The second kappa shape index (κ2) is 17.6. The van der Waals surface area contributed by atoms with Crippen LogP contribution in [0.3, 0.4) is 0 Å². The smallest absolute Gasteiger partial charge is 0.308 e. The first kappa shape index (κ1) is 44.8. The van der Waals surface area contributed by atoms with Gasteiger partial charge in [-0.3, -0.25) is 9.59 Å². The van der Waals surface area contributed by atoms with E-state index in [1.807, 2.05) is 0 Å². The highest BCUT2D eigenvalue weighted by Crippen LogP contribution is 2.51. The van der Waals surface area contributed by atoms with Gasteiger partial charge in [-0.05, 0) is 96.0 Å². The molecule has 13 nitrogen and oxygen atoms in total. The summed E-state index contributed by atoms with van der Waals surface area (Å²) in [5.41, 5.74) is -1.22. The predicted octanol–water partition coefficient (Wildman–Crippen LogP) is 6.34. The number of hydrogen-bond donors (Lipinski definition) is 1. The zero-order chi connectivity index (χ0) is 43.8. The second-order valence-corrected chi connectivity index (χ2v) is 21.9. The maximum absolute atomic E-state index is 12.4. The van der Waals surface area contributed by atoms with E-state index in [1.165, 1.54) is 0 Å². The summed E-state index contributed by atoms with van der Waals surface area (Å²) in [6, 6.07) is 0. The highest BCUT2D eigenvalue weighted by Gasteiger charge is 2.60. The van der Waals surface area contributed by atoms with Gasteiger partial charge in [0.05, 0.1) is 103 Å². The number of fused-ring (bicyclic) bond motifs is 9.